The Morgan fingerprint density at radius 3 is 2.73 bits per heavy atom. The summed E-state index contributed by atoms with van der Waals surface area (Å²) in [6.45, 7) is 5.72. The molecule has 1 aromatic heterocycles. The van der Waals surface area contributed by atoms with Gasteiger partial charge in [-0.15, -0.1) is 0 Å². The number of pyridine rings is 1. The van der Waals surface area contributed by atoms with Crippen LogP contribution in [-0.2, 0) is 0 Å². The number of aromatic nitrogens is 1. The van der Waals surface area contributed by atoms with Gasteiger partial charge in [-0.05, 0) is 31.2 Å². The summed E-state index contributed by atoms with van der Waals surface area (Å²) in [7, 11) is 0. The lowest BCUT2D eigenvalue weighted by Crippen LogP contribution is -2.51. The van der Waals surface area contributed by atoms with E-state index in [2.05, 4.69) is 23.9 Å². The Labute approximate surface area is 172 Å². The van der Waals surface area contributed by atoms with Gasteiger partial charge in [-0.1, -0.05) is 13.8 Å². The molecule has 4 rings (SSSR count). The van der Waals surface area contributed by atoms with E-state index >= 15 is 8.78 Å². The number of rotatable bonds is 5. The smallest absolute Gasteiger partial charge is 0.449 e. The Balaban J connectivity index is 1.84. The zero-order chi connectivity index (χ0) is 21.6. The fourth-order valence-corrected chi connectivity index (χ4v) is 4.26. The topological polar surface area (TPSA) is 83.8 Å². The Hall–Kier alpha value is -2.68. The van der Waals surface area contributed by atoms with Gasteiger partial charge in [0.25, 0.3) is 0 Å². The summed E-state index contributed by atoms with van der Waals surface area (Å²) >= 11 is 0. The molecule has 1 saturated heterocycles. The number of carboxylic acid groups (broad SMARTS) is 1. The first kappa shape index (κ1) is 20.6. The molecule has 2 aromatic rings. The molecule has 7 nitrogen and oxygen atoms in total. The molecule has 0 radical (unpaired) electrons. The maximum Gasteiger partial charge on any atom is 0.511 e. The molecule has 0 spiro atoms. The van der Waals surface area contributed by atoms with E-state index < -0.39 is 29.0 Å². The van der Waals surface area contributed by atoms with Crippen LogP contribution >= 0.6 is 0 Å². The van der Waals surface area contributed by atoms with Gasteiger partial charge in [0.2, 0.25) is 5.43 Å². The van der Waals surface area contributed by atoms with Crippen LogP contribution in [0, 0.1) is 17.6 Å². The first-order valence-electron chi connectivity index (χ1n) is 10.2. The molecule has 2 N–H and O–H groups in total. The predicted octanol–water partition coefficient (Wildman–Crippen LogP) is 3.50. The highest BCUT2D eigenvalue weighted by atomic mass is 19.1. The van der Waals surface area contributed by atoms with E-state index in [1.165, 1.54) is 10.8 Å². The van der Waals surface area contributed by atoms with Crippen molar-refractivity contribution >= 4 is 22.7 Å². The molecule has 2 heterocycles. The number of piperazine rings is 1. The van der Waals surface area contributed by atoms with Crippen LogP contribution in [0.1, 0.15) is 39.2 Å². The second-order valence-electron chi connectivity index (χ2n) is 8.47. The predicted molar refractivity (Wildman–Crippen MR) is 109 cm³/mol. The van der Waals surface area contributed by atoms with E-state index in [0.29, 0.717) is 25.6 Å². The van der Waals surface area contributed by atoms with Crippen molar-refractivity contribution in [2.24, 2.45) is 5.92 Å². The number of nitrogens with zero attached hydrogens (tertiary/aromatic N) is 2. The van der Waals surface area contributed by atoms with Crippen LogP contribution in [0.3, 0.4) is 0 Å². The van der Waals surface area contributed by atoms with E-state index in [9.17, 15) is 9.59 Å². The van der Waals surface area contributed by atoms with Crippen LogP contribution < -0.4 is 20.4 Å². The van der Waals surface area contributed by atoms with Gasteiger partial charge in [0.05, 0.1) is 17.1 Å². The summed E-state index contributed by atoms with van der Waals surface area (Å²) in [5.74, 6) is -1.63. The molecule has 2 fully saturated rings. The number of nitrogens with one attached hydrogen (secondary N) is 1. The number of hydrogen-bond acceptors (Lipinski definition) is 5. The van der Waals surface area contributed by atoms with Gasteiger partial charge >= 0.3 is 6.16 Å². The van der Waals surface area contributed by atoms with Crippen molar-refractivity contribution in [2.45, 2.75) is 45.2 Å². The van der Waals surface area contributed by atoms with Crippen LogP contribution in [-0.4, -0.2) is 41.5 Å². The van der Waals surface area contributed by atoms with Crippen LogP contribution in [0.15, 0.2) is 17.1 Å². The van der Waals surface area contributed by atoms with E-state index in [1.807, 2.05) is 0 Å². The van der Waals surface area contributed by atoms with Crippen molar-refractivity contribution in [2.75, 3.05) is 24.5 Å². The minimum Gasteiger partial charge on any atom is -0.449 e. The summed E-state index contributed by atoms with van der Waals surface area (Å²) in [6.07, 6.45) is 1.99. The number of halogens is 2. The average molecular weight is 421 g/mol. The molecule has 2 aliphatic rings. The van der Waals surface area contributed by atoms with E-state index in [0.717, 1.165) is 25.3 Å². The third-order valence-electron chi connectivity index (χ3n) is 5.62. The van der Waals surface area contributed by atoms with Gasteiger partial charge in [-0.2, -0.15) is 0 Å². The standard InChI is InChI=1S/C21H25F2N3O4/c1-11(2)7-12-9-25(6-5-24-12)19-15(22)8-14-18(17(19)23)26(13-3-4-13)10-16(20(14)27)30-21(28)29/h8,10-13,24H,3-7,9H2,1-2H3,(H,28,29). The summed E-state index contributed by atoms with van der Waals surface area (Å²) in [5.41, 5.74) is -0.985. The quantitative estimate of drug-likeness (QED) is 0.719. The maximum atomic E-state index is 15.7. The van der Waals surface area contributed by atoms with Crippen molar-refractivity contribution in [3.8, 4) is 5.75 Å². The zero-order valence-electron chi connectivity index (χ0n) is 17.0. The Morgan fingerprint density at radius 2 is 2.10 bits per heavy atom. The lowest BCUT2D eigenvalue weighted by atomic mass is 10.0. The van der Waals surface area contributed by atoms with Crippen molar-refractivity contribution in [1.29, 1.82) is 0 Å². The van der Waals surface area contributed by atoms with E-state index in [4.69, 9.17) is 5.11 Å². The first-order valence-corrected chi connectivity index (χ1v) is 10.2. The Kier molecular flexibility index (Phi) is 5.40. The normalized spacial score (nSPS) is 19.5. The molecule has 1 unspecified atom stereocenters. The fourth-order valence-electron chi connectivity index (χ4n) is 4.26. The van der Waals surface area contributed by atoms with Crippen LogP contribution in [0.2, 0.25) is 0 Å². The number of benzene rings is 1. The summed E-state index contributed by atoms with van der Waals surface area (Å²) in [6, 6.07) is 1.04. The number of anilines is 1. The maximum absolute atomic E-state index is 15.7. The number of hydrogen-bond donors (Lipinski definition) is 2. The number of ether oxygens (including phenoxy) is 1. The molecule has 9 heteroatoms. The lowest BCUT2D eigenvalue weighted by molar-refractivity contribution is 0.143. The van der Waals surface area contributed by atoms with Gasteiger partial charge in [0, 0.05) is 31.7 Å². The fraction of sp³-hybridized carbons (Fsp3) is 0.524. The lowest BCUT2D eigenvalue weighted by Gasteiger charge is -2.36. The van der Waals surface area contributed by atoms with Gasteiger partial charge in [-0.25, -0.2) is 13.6 Å². The molecular weight excluding hydrogens is 396 g/mol. The second kappa shape index (κ2) is 7.86. The monoisotopic (exact) mass is 421 g/mol. The van der Waals surface area contributed by atoms with Gasteiger partial charge in [-0.3, -0.25) is 4.79 Å². The van der Waals surface area contributed by atoms with Crippen molar-refractivity contribution in [3.63, 3.8) is 0 Å². The Bertz CT molecular complexity index is 1050. The minimum atomic E-state index is -1.65. The average Bonchev–Trinajstić information content (AvgIpc) is 3.49. The van der Waals surface area contributed by atoms with Crippen molar-refractivity contribution in [3.05, 3.63) is 34.1 Å². The molecule has 0 amide bonds. The minimum absolute atomic E-state index is 0.00409. The second-order valence-corrected chi connectivity index (χ2v) is 8.47. The van der Waals surface area contributed by atoms with E-state index in [-0.39, 0.29) is 28.7 Å². The van der Waals surface area contributed by atoms with E-state index in [1.54, 1.807) is 4.90 Å². The molecule has 1 saturated carbocycles. The van der Waals surface area contributed by atoms with Gasteiger partial charge in [0.1, 0.15) is 11.5 Å². The number of fused-ring (bicyclic) bond motifs is 1. The number of carbonyl (C=O) groups is 1. The molecule has 1 aromatic carbocycles. The first-order chi connectivity index (χ1) is 14.3. The molecule has 162 valence electrons. The van der Waals surface area contributed by atoms with Gasteiger partial charge < -0.3 is 24.6 Å². The summed E-state index contributed by atoms with van der Waals surface area (Å²) in [5, 5.41) is 12.1. The third kappa shape index (κ3) is 3.86. The van der Waals surface area contributed by atoms with Crippen molar-refractivity contribution in [1.82, 2.24) is 9.88 Å². The highest BCUT2D eigenvalue weighted by Gasteiger charge is 2.32. The van der Waals surface area contributed by atoms with Gasteiger partial charge in [0.15, 0.2) is 11.6 Å². The van der Waals surface area contributed by atoms with Crippen LogP contribution in [0.5, 0.6) is 5.75 Å². The summed E-state index contributed by atoms with van der Waals surface area (Å²) < 4.78 is 36.9. The molecule has 1 atom stereocenters. The van der Waals surface area contributed by atoms with Crippen LogP contribution in [0.4, 0.5) is 19.3 Å². The summed E-state index contributed by atoms with van der Waals surface area (Å²) in [4.78, 5) is 25.3. The zero-order valence-corrected chi connectivity index (χ0v) is 17.0. The molecule has 30 heavy (non-hydrogen) atoms. The highest BCUT2D eigenvalue weighted by molar-refractivity contribution is 5.86. The molecular formula is C21H25F2N3O4. The van der Waals surface area contributed by atoms with Crippen molar-refractivity contribution < 1.29 is 23.4 Å². The SMILES string of the molecule is CC(C)CC1CN(c2c(F)cc3c(=O)c(OC(=O)O)cn(C4CC4)c3c2F)CCN1. The molecule has 1 aliphatic heterocycles. The highest BCUT2D eigenvalue weighted by Crippen LogP contribution is 2.40. The largest absolute Gasteiger partial charge is 0.511 e. The Morgan fingerprint density at radius 1 is 1.37 bits per heavy atom. The third-order valence-corrected chi connectivity index (χ3v) is 5.62. The van der Waals surface area contributed by atoms with Crippen LogP contribution in [0.25, 0.3) is 10.9 Å². The molecule has 1 aliphatic carbocycles. The molecule has 0 bridgehead atoms.